The van der Waals surface area contributed by atoms with Crippen LogP contribution in [0.2, 0.25) is 5.02 Å². The third-order valence-corrected chi connectivity index (χ3v) is 5.60. The largest absolute Gasteiger partial charge is 0.495 e. The molecule has 10 heteroatoms. The number of methoxy groups -OCH3 is 1. The van der Waals surface area contributed by atoms with Crippen molar-refractivity contribution < 1.29 is 18.7 Å². The van der Waals surface area contributed by atoms with E-state index in [1.54, 1.807) is 26.2 Å². The number of thioether (sulfide) groups is 1. The summed E-state index contributed by atoms with van der Waals surface area (Å²) in [7, 11) is 1.55. The molecular weight excluding hydrogens is 443 g/mol. The zero-order valence-corrected chi connectivity index (χ0v) is 18.8. The number of rotatable bonds is 9. The topological polar surface area (TPSA) is 78.3 Å². The Bertz CT molecular complexity index is 1060. The van der Waals surface area contributed by atoms with Gasteiger partial charge >= 0.3 is 0 Å². The van der Waals surface area contributed by atoms with Gasteiger partial charge in [-0.2, -0.15) is 0 Å². The highest BCUT2D eigenvalue weighted by Crippen LogP contribution is 2.30. The summed E-state index contributed by atoms with van der Waals surface area (Å²) in [5, 5.41) is 12.0. The van der Waals surface area contributed by atoms with E-state index < -0.39 is 11.9 Å². The van der Waals surface area contributed by atoms with Crippen molar-refractivity contribution in [2.75, 3.05) is 18.2 Å². The number of anilines is 1. The van der Waals surface area contributed by atoms with E-state index in [1.807, 2.05) is 23.6 Å². The highest BCUT2D eigenvalue weighted by Gasteiger charge is 2.20. The molecule has 0 spiro atoms. The Morgan fingerprint density at radius 3 is 2.74 bits per heavy atom. The summed E-state index contributed by atoms with van der Waals surface area (Å²) in [6.07, 6.45) is -0.479. The Morgan fingerprint density at radius 2 is 2.03 bits per heavy atom. The fraction of sp³-hybridized carbons (Fsp3) is 0.286. The quantitative estimate of drug-likeness (QED) is 0.450. The van der Waals surface area contributed by atoms with Crippen LogP contribution in [0.15, 0.2) is 47.6 Å². The monoisotopic (exact) mass is 464 g/mol. The Labute approximate surface area is 188 Å². The van der Waals surface area contributed by atoms with Crippen molar-refractivity contribution in [1.29, 1.82) is 0 Å². The van der Waals surface area contributed by atoms with Crippen molar-refractivity contribution >= 4 is 35.0 Å². The van der Waals surface area contributed by atoms with Crippen LogP contribution in [0.5, 0.6) is 11.5 Å². The molecule has 1 N–H and O–H groups in total. The number of nitrogens with zero attached hydrogens (tertiary/aromatic N) is 3. The van der Waals surface area contributed by atoms with Crippen molar-refractivity contribution in [3.63, 3.8) is 0 Å². The third kappa shape index (κ3) is 5.68. The van der Waals surface area contributed by atoms with Crippen LogP contribution in [0.4, 0.5) is 10.1 Å². The predicted octanol–water partition coefficient (Wildman–Crippen LogP) is 4.97. The number of hydrogen-bond donors (Lipinski definition) is 1. The lowest BCUT2D eigenvalue weighted by Crippen LogP contribution is -2.16. The van der Waals surface area contributed by atoms with Gasteiger partial charge in [-0.1, -0.05) is 35.5 Å². The lowest BCUT2D eigenvalue weighted by molar-refractivity contribution is -0.113. The minimum atomic E-state index is -0.479. The number of para-hydroxylation sites is 2. The fourth-order valence-electron chi connectivity index (χ4n) is 2.88. The maximum Gasteiger partial charge on any atom is 0.234 e. The number of carbonyl (C=O) groups excluding carboxylic acids is 1. The summed E-state index contributed by atoms with van der Waals surface area (Å²) in [6.45, 7) is 4.34. The van der Waals surface area contributed by atoms with Crippen LogP contribution in [0.25, 0.3) is 0 Å². The lowest BCUT2D eigenvalue weighted by atomic mass is 10.3. The number of hydrogen-bond acceptors (Lipinski definition) is 6. The van der Waals surface area contributed by atoms with Gasteiger partial charge in [-0.3, -0.25) is 4.79 Å². The van der Waals surface area contributed by atoms with Crippen LogP contribution in [-0.2, 0) is 11.3 Å². The summed E-state index contributed by atoms with van der Waals surface area (Å²) in [6, 6.07) is 11.1. The second-order valence-electron chi connectivity index (χ2n) is 6.46. The molecule has 3 aromatic rings. The normalized spacial score (nSPS) is 11.8. The van der Waals surface area contributed by atoms with E-state index in [0.29, 0.717) is 34.7 Å². The van der Waals surface area contributed by atoms with Gasteiger partial charge in [0.15, 0.2) is 17.1 Å². The first-order valence-electron chi connectivity index (χ1n) is 9.53. The maximum atomic E-state index is 13.3. The van der Waals surface area contributed by atoms with Crippen molar-refractivity contribution in [3.8, 4) is 11.5 Å². The van der Waals surface area contributed by atoms with Gasteiger partial charge in [-0.15, -0.1) is 10.2 Å². The first kappa shape index (κ1) is 22.9. The van der Waals surface area contributed by atoms with E-state index in [1.165, 1.54) is 30.0 Å². The molecule has 7 nitrogen and oxygen atoms in total. The molecule has 0 radical (unpaired) electrons. The van der Waals surface area contributed by atoms with Gasteiger partial charge in [0.2, 0.25) is 5.91 Å². The minimum absolute atomic E-state index is 0.148. The second kappa shape index (κ2) is 10.5. The number of halogens is 2. The van der Waals surface area contributed by atoms with Crippen LogP contribution >= 0.6 is 23.4 Å². The van der Waals surface area contributed by atoms with E-state index in [2.05, 4.69) is 15.5 Å². The SMILES string of the molecule is CCn1c(SCC(=O)Nc2ccccc2OC)nnc1C(C)Oc1ccc(F)cc1Cl. The number of aromatic nitrogens is 3. The molecule has 0 aliphatic rings. The molecule has 1 atom stereocenters. The highest BCUT2D eigenvalue weighted by molar-refractivity contribution is 7.99. The van der Waals surface area contributed by atoms with Crippen molar-refractivity contribution in [3.05, 3.63) is 59.1 Å². The van der Waals surface area contributed by atoms with Crippen LogP contribution in [0.3, 0.4) is 0 Å². The van der Waals surface area contributed by atoms with Crippen LogP contribution in [0.1, 0.15) is 25.8 Å². The first-order chi connectivity index (χ1) is 14.9. The molecule has 164 valence electrons. The first-order valence-corrected chi connectivity index (χ1v) is 10.9. The number of carbonyl (C=O) groups is 1. The summed E-state index contributed by atoms with van der Waals surface area (Å²) >= 11 is 7.31. The van der Waals surface area contributed by atoms with Crippen LogP contribution in [0, 0.1) is 5.82 Å². The van der Waals surface area contributed by atoms with E-state index in [-0.39, 0.29) is 16.7 Å². The lowest BCUT2D eigenvalue weighted by Gasteiger charge is -2.16. The molecule has 1 aromatic heterocycles. The average molecular weight is 465 g/mol. The molecule has 0 fully saturated rings. The maximum absolute atomic E-state index is 13.3. The van der Waals surface area contributed by atoms with E-state index in [4.69, 9.17) is 21.1 Å². The van der Waals surface area contributed by atoms with Gasteiger partial charge in [0, 0.05) is 6.54 Å². The Balaban J connectivity index is 1.66. The summed E-state index contributed by atoms with van der Waals surface area (Å²) in [4.78, 5) is 12.4. The molecule has 31 heavy (non-hydrogen) atoms. The zero-order chi connectivity index (χ0) is 22.4. The summed E-state index contributed by atoms with van der Waals surface area (Å²) in [5.41, 5.74) is 0.603. The molecule has 0 aliphatic carbocycles. The molecule has 1 amide bonds. The highest BCUT2D eigenvalue weighted by atomic mass is 35.5. The molecular formula is C21H22ClFN4O3S. The van der Waals surface area contributed by atoms with Crippen LogP contribution < -0.4 is 14.8 Å². The van der Waals surface area contributed by atoms with Gasteiger partial charge in [0.25, 0.3) is 0 Å². The van der Waals surface area contributed by atoms with E-state index >= 15 is 0 Å². The van der Waals surface area contributed by atoms with E-state index in [9.17, 15) is 9.18 Å². The van der Waals surface area contributed by atoms with Crippen LogP contribution in [-0.4, -0.2) is 33.5 Å². The molecule has 1 heterocycles. The van der Waals surface area contributed by atoms with Gasteiger partial charge in [0.1, 0.15) is 17.3 Å². The molecule has 0 aliphatic heterocycles. The smallest absolute Gasteiger partial charge is 0.234 e. The molecule has 1 unspecified atom stereocenters. The summed E-state index contributed by atoms with van der Waals surface area (Å²) < 4.78 is 26.2. The minimum Gasteiger partial charge on any atom is -0.495 e. The van der Waals surface area contributed by atoms with E-state index in [0.717, 1.165) is 0 Å². The number of ether oxygens (including phenoxy) is 2. The average Bonchev–Trinajstić information content (AvgIpc) is 3.17. The van der Waals surface area contributed by atoms with Crippen molar-refractivity contribution in [1.82, 2.24) is 14.8 Å². The summed E-state index contributed by atoms with van der Waals surface area (Å²) in [5.74, 6) is 1.04. The standard InChI is InChI=1S/C21H22ClFN4O3S/c1-4-27-20(13(2)30-17-10-9-14(23)11-15(17)22)25-26-21(27)31-12-19(28)24-16-7-5-6-8-18(16)29-3/h5-11,13H,4,12H2,1-3H3,(H,24,28). The number of nitrogens with one attached hydrogen (secondary N) is 1. The number of benzene rings is 2. The molecule has 0 bridgehead atoms. The molecule has 3 rings (SSSR count). The molecule has 0 saturated carbocycles. The van der Waals surface area contributed by atoms with Crippen molar-refractivity contribution in [2.45, 2.75) is 31.7 Å². The number of amides is 1. The van der Waals surface area contributed by atoms with Crippen molar-refractivity contribution in [2.24, 2.45) is 0 Å². The van der Waals surface area contributed by atoms with Gasteiger partial charge in [0.05, 0.1) is 23.6 Å². The molecule has 0 saturated heterocycles. The van der Waals surface area contributed by atoms with Gasteiger partial charge < -0.3 is 19.4 Å². The Kier molecular flexibility index (Phi) is 7.75. The zero-order valence-electron chi connectivity index (χ0n) is 17.3. The molecule has 2 aromatic carbocycles. The fourth-order valence-corrected chi connectivity index (χ4v) is 3.90. The third-order valence-electron chi connectivity index (χ3n) is 4.34. The predicted molar refractivity (Wildman–Crippen MR) is 118 cm³/mol. The second-order valence-corrected chi connectivity index (χ2v) is 7.81. The van der Waals surface area contributed by atoms with Gasteiger partial charge in [-0.25, -0.2) is 4.39 Å². The Hall–Kier alpha value is -2.78. The van der Waals surface area contributed by atoms with Gasteiger partial charge in [-0.05, 0) is 44.2 Å². The Morgan fingerprint density at radius 1 is 1.26 bits per heavy atom.